The number of hydrogen-bond donors (Lipinski definition) is 2. The van der Waals surface area contributed by atoms with Crippen molar-refractivity contribution in [2.45, 2.75) is 31.5 Å². The lowest BCUT2D eigenvalue weighted by Crippen LogP contribution is -2.41. The van der Waals surface area contributed by atoms with E-state index in [2.05, 4.69) is 15.5 Å². The van der Waals surface area contributed by atoms with Gasteiger partial charge in [0.15, 0.2) is 5.82 Å². The molecule has 2 rings (SSSR count). The summed E-state index contributed by atoms with van der Waals surface area (Å²) in [5, 5.41) is 11.5. The van der Waals surface area contributed by atoms with Crippen molar-refractivity contribution in [2.75, 3.05) is 18.7 Å². The van der Waals surface area contributed by atoms with Crippen LogP contribution < -0.4 is 15.9 Å². The lowest BCUT2D eigenvalue weighted by Gasteiger charge is -2.20. The third-order valence-corrected chi connectivity index (χ3v) is 3.80. The van der Waals surface area contributed by atoms with Crippen LogP contribution in [0.3, 0.4) is 0 Å². The normalized spacial score (nSPS) is 11.3. The summed E-state index contributed by atoms with van der Waals surface area (Å²) in [6.45, 7) is 5.79. The fourth-order valence-electron chi connectivity index (χ4n) is 1.97. The molecule has 8 heteroatoms. The fourth-order valence-corrected chi connectivity index (χ4v) is 2.63. The molecule has 0 aliphatic heterocycles. The van der Waals surface area contributed by atoms with Crippen LogP contribution in [0.2, 0.25) is 0 Å². The monoisotopic (exact) mass is 335 g/mol. The SMILES string of the molecule is COc1ccccc1-c1nnc(SCC(=O)NC(C)(C)C)n1N. The smallest absolute Gasteiger partial charge is 0.230 e. The summed E-state index contributed by atoms with van der Waals surface area (Å²) >= 11 is 1.24. The number of nitrogens with zero attached hydrogens (tertiary/aromatic N) is 3. The highest BCUT2D eigenvalue weighted by Crippen LogP contribution is 2.29. The van der Waals surface area contributed by atoms with E-state index in [1.165, 1.54) is 16.4 Å². The zero-order chi connectivity index (χ0) is 17.0. The van der Waals surface area contributed by atoms with E-state index in [0.717, 1.165) is 5.56 Å². The zero-order valence-electron chi connectivity index (χ0n) is 13.7. The third-order valence-electron chi connectivity index (χ3n) is 2.86. The quantitative estimate of drug-likeness (QED) is 0.637. The minimum Gasteiger partial charge on any atom is -0.496 e. The number of carbonyl (C=O) groups excluding carboxylic acids is 1. The van der Waals surface area contributed by atoms with Crippen LogP contribution in [0, 0.1) is 0 Å². The summed E-state index contributed by atoms with van der Waals surface area (Å²) in [5.41, 5.74) is 0.479. The summed E-state index contributed by atoms with van der Waals surface area (Å²) in [6.07, 6.45) is 0. The van der Waals surface area contributed by atoms with Gasteiger partial charge in [0.2, 0.25) is 11.1 Å². The lowest BCUT2D eigenvalue weighted by molar-refractivity contribution is -0.119. The van der Waals surface area contributed by atoms with Crippen LogP contribution in [-0.4, -0.2) is 39.2 Å². The molecule has 0 radical (unpaired) electrons. The first-order valence-corrected chi connectivity index (χ1v) is 8.08. The number of thioether (sulfide) groups is 1. The molecule has 23 heavy (non-hydrogen) atoms. The average Bonchev–Trinajstić information content (AvgIpc) is 2.84. The van der Waals surface area contributed by atoms with E-state index in [4.69, 9.17) is 10.6 Å². The van der Waals surface area contributed by atoms with E-state index in [-0.39, 0.29) is 17.2 Å². The van der Waals surface area contributed by atoms with E-state index in [9.17, 15) is 4.79 Å². The molecule has 124 valence electrons. The number of ether oxygens (including phenoxy) is 1. The molecule has 0 spiro atoms. The molecule has 2 aromatic rings. The number of nitrogen functional groups attached to an aromatic ring is 1. The van der Waals surface area contributed by atoms with Crippen molar-refractivity contribution in [2.24, 2.45) is 0 Å². The third kappa shape index (κ3) is 4.38. The predicted molar refractivity (Wildman–Crippen MR) is 90.8 cm³/mol. The highest BCUT2D eigenvalue weighted by atomic mass is 32.2. The lowest BCUT2D eigenvalue weighted by atomic mass is 10.1. The number of para-hydroxylation sites is 1. The van der Waals surface area contributed by atoms with Gasteiger partial charge in [0, 0.05) is 5.54 Å². The molecule has 3 N–H and O–H groups in total. The maximum Gasteiger partial charge on any atom is 0.230 e. The van der Waals surface area contributed by atoms with Gasteiger partial charge in [0.1, 0.15) is 5.75 Å². The second-order valence-electron chi connectivity index (χ2n) is 5.96. The molecular weight excluding hydrogens is 314 g/mol. The number of aromatic nitrogens is 3. The van der Waals surface area contributed by atoms with Gasteiger partial charge in [-0.3, -0.25) is 4.79 Å². The van der Waals surface area contributed by atoms with Crippen molar-refractivity contribution in [3.8, 4) is 17.1 Å². The number of nitrogens with one attached hydrogen (secondary N) is 1. The van der Waals surface area contributed by atoms with Crippen LogP contribution in [0.5, 0.6) is 5.75 Å². The molecule has 0 aliphatic carbocycles. The molecule has 0 aliphatic rings. The molecular formula is C15H21N5O2S. The van der Waals surface area contributed by atoms with Crippen molar-refractivity contribution in [1.82, 2.24) is 20.2 Å². The minimum atomic E-state index is -0.267. The van der Waals surface area contributed by atoms with Gasteiger partial charge in [0.05, 0.1) is 18.4 Å². The van der Waals surface area contributed by atoms with Gasteiger partial charge >= 0.3 is 0 Å². The average molecular weight is 335 g/mol. The van der Waals surface area contributed by atoms with Gasteiger partial charge in [-0.25, -0.2) is 4.68 Å². The van der Waals surface area contributed by atoms with Crippen LogP contribution >= 0.6 is 11.8 Å². The predicted octanol–water partition coefficient (Wildman–Crippen LogP) is 1.67. The molecule has 1 amide bonds. The van der Waals surface area contributed by atoms with Crippen molar-refractivity contribution < 1.29 is 9.53 Å². The maximum atomic E-state index is 11.9. The fraction of sp³-hybridized carbons (Fsp3) is 0.400. The molecule has 1 aromatic heterocycles. The maximum absolute atomic E-state index is 11.9. The number of hydrogen-bond acceptors (Lipinski definition) is 6. The molecule has 1 aromatic carbocycles. The van der Waals surface area contributed by atoms with Gasteiger partial charge in [0.25, 0.3) is 0 Å². The van der Waals surface area contributed by atoms with Crippen molar-refractivity contribution in [3.05, 3.63) is 24.3 Å². The molecule has 0 saturated carbocycles. The van der Waals surface area contributed by atoms with Gasteiger partial charge < -0.3 is 15.9 Å². The van der Waals surface area contributed by atoms with Crippen molar-refractivity contribution in [1.29, 1.82) is 0 Å². The van der Waals surface area contributed by atoms with Crippen LogP contribution in [0.4, 0.5) is 0 Å². The minimum absolute atomic E-state index is 0.0793. The van der Waals surface area contributed by atoms with Crippen LogP contribution in [0.15, 0.2) is 29.4 Å². The molecule has 0 atom stereocenters. The van der Waals surface area contributed by atoms with Crippen LogP contribution in [-0.2, 0) is 4.79 Å². The van der Waals surface area contributed by atoms with E-state index >= 15 is 0 Å². The Morgan fingerprint density at radius 1 is 1.35 bits per heavy atom. The topological polar surface area (TPSA) is 95.1 Å². The van der Waals surface area contributed by atoms with Crippen molar-refractivity contribution >= 4 is 17.7 Å². The Balaban J connectivity index is 2.12. The summed E-state index contributed by atoms with van der Waals surface area (Å²) in [6, 6.07) is 7.42. The number of methoxy groups -OCH3 is 1. The molecule has 0 fully saturated rings. The Labute approximate surface area is 139 Å². The Bertz CT molecular complexity index is 693. The highest BCUT2D eigenvalue weighted by molar-refractivity contribution is 7.99. The number of amides is 1. The first-order chi connectivity index (χ1) is 10.8. The second kappa shape index (κ2) is 6.91. The molecule has 0 unspecified atom stereocenters. The Kier molecular flexibility index (Phi) is 5.15. The summed E-state index contributed by atoms with van der Waals surface area (Å²) in [7, 11) is 1.59. The molecule has 0 bridgehead atoms. The van der Waals surface area contributed by atoms with Crippen LogP contribution in [0.25, 0.3) is 11.4 Å². The van der Waals surface area contributed by atoms with Gasteiger partial charge in [-0.15, -0.1) is 10.2 Å². The Morgan fingerprint density at radius 2 is 2.04 bits per heavy atom. The van der Waals surface area contributed by atoms with E-state index in [0.29, 0.717) is 16.7 Å². The van der Waals surface area contributed by atoms with Crippen molar-refractivity contribution in [3.63, 3.8) is 0 Å². The van der Waals surface area contributed by atoms with Gasteiger partial charge in [-0.2, -0.15) is 0 Å². The van der Waals surface area contributed by atoms with Gasteiger partial charge in [-0.05, 0) is 32.9 Å². The summed E-state index contributed by atoms with van der Waals surface area (Å²) < 4.78 is 6.68. The Hall–Kier alpha value is -2.22. The first kappa shape index (κ1) is 17.1. The first-order valence-electron chi connectivity index (χ1n) is 7.09. The molecule has 1 heterocycles. The van der Waals surface area contributed by atoms with Crippen LogP contribution in [0.1, 0.15) is 20.8 Å². The standard InChI is InChI=1S/C15H21N5O2S/c1-15(2,3)17-12(21)9-23-14-19-18-13(20(14)16)10-7-5-6-8-11(10)22-4/h5-8H,9,16H2,1-4H3,(H,17,21). The largest absolute Gasteiger partial charge is 0.496 e. The highest BCUT2D eigenvalue weighted by Gasteiger charge is 2.18. The summed E-state index contributed by atoms with van der Waals surface area (Å²) in [4.78, 5) is 11.9. The summed E-state index contributed by atoms with van der Waals surface area (Å²) in [5.74, 6) is 7.35. The van der Waals surface area contributed by atoms with E-state index < -0.39 is 0 Å². The zero-order valence-corrected chi connectivity index (χ0v) is 14.5. The Morgan fingerprint density at radius 3 is 2.70 bits per heavy atom. The number of carbonyl (C=O) groups is 1. The number of benzene rings is 1. The molecule has 7 nitrogen and oxygen atoms in total. The molecule has 0 saturated heterocycles. The second-order valence-corrected chi connectivity index (χ2v) is 6.91. The van der Waals surface area contributed by atoms with Gasteiger partial charge in [-0.1, -0.05) is 23.9 Å². The number of rotatable bonds is 5. The van der Waals surface area contributed by atoms with E-state index in [1.807, 2.05) is 45.0 Å². The number of nitrogens with two attached hydrogens (primary N) is 1. The van der Waals surface area contributed by atoms with E-state index in [1.54, 1.807) is 7.11 Å².